The predicted octanol–water partition coefficient (Wildman–Crippen LogP) is 3.39. The Morgan fingerprint density at radius 2 is 1.83 bits per heavy atom. The SMILES string of the molecule is COc1ccc(C(=O)CC[C@@H]2C(=O)CC(C)(C)NC2(C)C)cc1. The molecule has 126 valence electrons. The minimum absolute atomic E-state index is 0.0705. The number of benzene rings is 1. The molecule has 1 N–H and O–H groups in total. The van der Waals surface area contributed by atoms with Crippen LogP contribution in [-0.2, 0) is 4.79 Å². The first-order chi connectivity index (χ1) is 10.6. The highest BCUT2D eigenvalue weighted by Gasteiger charge is 2.44. The molecule has 1 aliphatic heterocycles. The molecule has 1 aromatic carbocycles. The van der Waals surface area contributed by atoms with E-state index in [9.17, 15) is 9.59 Å². The molecule has 0 aliphatic carbocycles. The minimum atomic E-state index is -0.293. The summed E-state index contributed by atoms with van der Waals surface area (Å²) in [7, 11) is 1.60. The Morgan fingerprint density at radius 1 is 1.22 bits per heavy atom. The van der Waals surface area contributed by atoms with E-state index in [1.807, 2.05) is 27.7 Å². The van der Waals surface area contributed by atoms with Crippen LogP contribution >= 0.6 is 0 Å². The molecule has 0 amide bonds. The standard InChI is InChI=1S/C19H27NO3/c1-18(2)12-17(22)15(19(3,4)20-18)10-11-16(21)13-6-8-14(23-5)9-7-13/h6-9,15,20H,10-12H2,1-5H3/t15-/m1/s1. The van der Waals surface area contributed by atoms with Crippen molar-refractivity contribution in [2.75, 3.05) is 7.11 Å². The average molecular weight is 317 g/mol. The van der Waals surface area contributed by atoms with Crippen LogP contribution in [0.3, 0.4) is 0 Å². The van der Waals surface area contributed by atoms with Crippen LogP contribution in [0.4, 0.5) is 0 Å². The van der Waals surface area contributed by atoms with Crippen LogP contribution in [-0.4, -0.2) is 29.8 Å². The molecule has 1 heterocycles. The zero-order valence-electron chi connectivity index (χ0n) is 14.7. The lowest BCUT2D eigenvalue weighted by Gasteiger charge is -2.47. The van der Waals surface area contributed by atoms with E-state index in [4.69, 9.17) is 4.74 Å². The maximum absolute atomic E-state index is 12.5. The molecule has 1 fully saturated rings. The van der Waals surface area contributed by atoms with Gasteiger partial charge >= 0.3 is 0 Å². The van der Waals surface area contributed by atoms with Crippen molar-refractivity contribution in [2.45, 2.75) is 58.0 Å². The number of ketones is 2. The lowest BCUT2D eigenvalue weighted by Crippen LogP contribution is -2.63. The average Bonchev–Trinajstić information content (AvgIpc) is 2.44. The van der Waals surface area contributed by atoms with Crippen LogP contribution in [0.2, 0.25) is 0 Å². The van der Waals surface area contributed by atoms with Crippen LogP contribution < -0.4 is 10.1 Å². The first-order valence-corrected chi connectivity index (χ1v) is 8.14. The topological polar surface area (TPSA) is 55.4 Å². The van der Waals surface area contributed by atoms with Crippen molar-refractivity contribution in [3.05, 3.63) is 29.8 Å². The molecule has 0 bridgehead atoms. The summed E-state index contributed by atoms with van der Waals surface area (Å²) in [5.41, 5.74) is 0.191. The molecule has 0 radical (unpaired) electrons. The van der Waals surface area contributed by atoms with Gasteiger partial charge in [-0.2, -0.15) is 0 Å². The summed E-state index contributed by atoms with van der Waals surface area (Å²) in [6.45, 7) is 8.19. The number of Topliss-reactive ketones (excluding diaryl/α,β-unsaturated/α-hetero) is 2. The summed E-state index contributed by atoms with van der Waals surface area (Å²) in [4.78, 5) is 24.8. The summed E-state index contributed by atoms with van der Waals surface area (Å²) in [6, 6.07) is 7.12. The van der Waals surface area contributed by atoms with E-state index in [2.05, 4.69) is 5.32 Å². The first-order valence-electron chi connectivity index (χ1n) is 8.14. The third-order valence-electron chi connectivity index (χ3n) is 4.61. The van der Waals surface area contributed by atoms with Crippen LogP contribution in [0, 0.1) is 5.92 Å². The van der Waals surface area contributed by atoms with E-state index in [0.717, 1.165) is 5.75 Å². The van der Waals surface area contributed by atoms with Crippen molar-refractivity contribution in [3.63, 3.8) is 0 Å². The van der Waals surface area contributed by atoms with Gasteiger partial charge in [0.05, 0.1) is 7.11 Å². The van der Waals surface area contributed by atoms with Gasteiger partial charge in [-0.05, 0) is 58.4 Å². The van der Waals surface area contributed by atoms with E-state index in [0.29, 0.717) is 24.8 Å². The quantitative estimate of drug-likeness (QED) is 0.846. The highest BCUT2D eigenvalue weighted by molar-refractivity contribution is 5.96. The molecule has 1 saturated heterocycles. The summed E-state index contributed by atoms with van der Waals surface area (Å²) >= 11 is 0. The van der Waals surface area contributed by atoms with Crippen LogP contribution in [0.1, 0.15) is 57.3 Å². The van der Waals surface area contributed by atoms with Crippen LogP contribution in [0.25, 0.3) is 0 Å². The zero-order valence-corrected chi connectivity index (χ0v) is 14.7. The molecule has 0 saturated carbocycles. The largest absolute Gasteiger partial charge is 0.497 e. The predicted molar refractivity (Wildman–Crippen MR) is 91.0 cm³/mol. The lowest BCUT2D eigenvalue weighted by molar-refractivity contribution is -0.130. The molecule has 1 atom stereocenters. The number of carbonyl (C=O) groups excluding carboxylic acids is 2. The molecule has 0 unspecified atom stereocenters. The maximum Gasteiger partial charge on any atom is 0.162 e. The zero-order chi connectivity index (χ0) is 17.3. The second-order valence-electron chi connectivity index (χ2n) is 7.62. The molecule has 4 nitrogen and oxygen atoms in total. The second-order valence-corrected chi connectivity index (χ2v) is 7.62. The molecule has 2 rings (SSSR count). The second kappa shape index (κ2) is 6.44. The highest BCUT2D eigenvalue weighted by atomic mass is 16.5. The Hall–Kier alpha value is -1.68. The summed E-state index contributed by atoms with van der Waals surface area (Å²) < 4.78 is 5.10. The number of methoxy groups -OCH3 is 1. The van der Waals surface area contributed by atoms with E-state index < -0.39 is 0 Å². The fraction of sp³-hybridized carbons (Fsp3) is 0.579. The van der Waals surface area contributed by atoms with Crippen molar-refractivity contribution in [2.24, 2.45) is 5.92 Å². The fourth-order valence-electron chi connectivity index (χ4n) is 3.68. The van der Waals surface area contributed by atoms with E-state index in [-0.39, 0.29) is 28.6 Å². The Bertz CT molecular complexity index is 587. The van der Waals surface area contributed by atoms with Gasteiger partial charge in [0.1, 0.15) is 11.5 Å². The van der Waals surface area contributed by atoms with Gasteiger partial charge in [-0.25, -0.2) is 0 Å². The monoisotopic (exact) mass is 317 g/mol. The van der Waals surface area contributed by atoms with Crippen LogP contribution in [0.15, 0.2) is 24.3 Å². The van der Waals surface area contributed by atoms with Crippen molar-refractivity contribution >= 4 is 11.6 Å². The van der Waals surface area contributed by atoms with E-state index in [1.165, 1.54) is 0 Å². The Balaban J connectivity index is 2.01. The molecule has 0 spiro atoms. The van der Waals surface area contributed by atoms with E-state index >= 15 is 0 Å². The lowest BCUT2D eigenvalue weighted by atomic mass is 9.71. The van der Waals surface area contributed by atoms with Gasteiger partial charge in [-0.3, -0.25) is 9.59 Å². The third kappa shape index (κ3) is 4.20. The molecule has 4 heteroatoms. The summed E-state index contributed by atoms with van der Waals surface area (Å²) in [5, 5.41) is 3.54. The minimum Gasteiger partial charge on any atom is -0.497 e. The van der Waals surface area contributed by atoms with Gasteiger partial charge in [0.15, 0.2) is 5.78 Å². The van der Waals surface area contributed by atoms with Crippen molar-refractivity contribution in [3.8, 4) is 5.75 Å². The number of ether oxygens (including phenoxy) is 1. The third-order valence-corrected chi connectivity index (χ3v) is 4.61. The fourth-order valence-corrected chi connectivity index (χ4v) is 3.68. The van der Waals surface area contributed by atoms with Crippen molar-refractivity contribution in [1.29, 1.82) is 0 Å². The number of piperidine rings is 1. The molecular weight excluding hydrogens is 290 g/mol. The number of hydrogen-bond acceptors (Lipinski definition) is 4. The number of rotatable bonds is 5. The Labute approximate surface area is 138 Å². The van der Waals surface area contributed by atoms with Gasteiger partial charge in [0.25, 0.3) is 0 Å². The van der Waals surface area contributed by atoms with Crippen LogP contribution in [0.5, 0.6) is 5.75 Å². The first kappa shape index (κ1) is 17.7. The maximum atomic E-state index is 12.5. The summed E-state index contributed by atoms with van der Waals surface area (Å²) in [6.07, 6.45) is 1.48. The van der Waals surface area contributed by atoms with Gasteiger partial charge < -0.3 is 10.1 Å². The van der Waals surface area contributed by atoms with Gasteiger partial charge in [-0.15, -0.1) is 0 Å². The van der Waals surface area contributed by atoms with Gasteiger partial charge in [0, 0.05) is 35.4 Å². The van der Waals surface area contributed by atoms with E-state index in [1.54, 1.807) is 31.4 Å². The number of hydrogen-bond donors (Lipinski definition) is 1. The van der Waals surface area contributed by atoms with Gasteiger partial charge in [0.2, 0.25) is 0 Å². The molecule has 1 aromatic rings. The smallest absolute Gasteiger partial charge is 0.162 e. The molecule has 1 aliphatic rings. The highest BCUT2D eigenvalue weighted by Crippen LogP contribution is 2.34. The molecular formula is C19H27NO3. The number of nitrogens with one attached hydrogen (secondary N) is 1. The Morgan fingerprint density at radius 3 is 2.35 bits per heavy atom. The summed E-state index contributed by atoms with van der Waals surface area (Å²) in [5.74, 6) is 0.927. The molecule has 23 heavy (non-hydrogen) atoms. The molecule has 0 aromatic heterocycles. The normalized spacial score (nSPS) is 22.7. The van der Waals surface area contributed by atoms with Crippen molar-refractivity contribution < 1.29 is 14.3 Å². The van der Waals surface area contributed by atoms with Crippen molar-refractivity contribution in [1.82, 2.24) is 5.32 Å². The Kier molecular flexibility index (Phi) is 4.95. The van der Waals surface area contributed by atoms with Gasteiger partial charge in [-0.1, -0.05) is 0 Å². The number of carbonyl (C=O) groups is 2.